The third-order valence-electron chi connectivity index (χ3n) is 7.47. The third-order valence-corrected chi connectivity index (χ3v) is 9.04. The van der Waals surface area contributed by atoms with E-state index in [1.165, 1.54) is 0 Å². The van der Waals surface area contributed by atoms with E-state index in [1.807, 2.05) is 67.7 Å². The van der Waals surface area contributed by atoms with Crippen LogP contribution in [0.3, 0.4) is 0 Å². The van der Waals surface area contributed by atoms with Crippen molar-refractivity contribution in [2.45, 2.75) is 56.6 Å². The average molecular weight is 568 g/mol. The first-order valence-corrected chi connectivity index (χ1v) is 14.9. The Kier molecular flexibility index (Phi) is 8.25. The number of ether oxygens (including phenoxy) is 1. The van der Waals surface area contributed by atoms with Gasteiger partial charge in [-0.25, -0.2) is 17.8 Å². The van der Waals surface area contributed by atoms with Crippen LogP contribution < -0.4 is 0 Å². The molecule has 1 N–H and O–H groups in total. The van der Waals surface area contributed by atoms with Crippen molar-refractivity contribution >= 4 is 28.6 Å². The molecule has 0 aliphatic carbocycles. The number of hydrogen-bond acceptors (Lipinski definition) is 6. The highest BCUT2D eigenvalue weighted by Gasteiger charge is 2.32. The Hall–Kier alpha value is -3.28. The van der Waals surface area contributed by atoms with E-state index in [0.29, 0.717) is 24.7 Å². The van der Waals surface area contributed by atoms with E-state index >= 15 is 0 Å². The molecule has 0 saturated carbocycles. The molecule has 2 saturated heterocycles. The summed E-state index contributed by atoms with van der Waals surface area (Å²) in [4.78, 5) is 28.7. The van der Waals surface area contributed by atoms with Crippen molar-refractivity contribution in [3.05, 3.63) is 54.4 Å². The number of amides is 1. The lowest BCUT2D eigenvalue weighted by Gasteiger charge is -2.42. The number of pyridine rings is 1. The Labute approximate surface area is 237 Å². The van der Waals surface area contributed by atoms with Gasteiger partial charge in [0.1, 0.15) is 16.6 Å². The van der Waals surface area contributed by atoms with E-state index < -0.39 is 22.6 Å². The van der Waals surface area contributed by atoms with Crippen molar-refractivity contribution < 1.29 is 23.6 Å². The van der Waals surface area contributed by atoms with Gasteiger partial charge in [0.05, 0.1) is 23.0 Å². The van der Waals surface area contributed by atoms with Crippen molar-refractivity contribution in [2.24, 2.45) is 0 Å². The number of fused-ring (bicyclic) bond motifs is 1. The second-order valence-electron chi connectivity index (χ2n) is 11.4. The minimum atomic E-state index is -1.33. The van der Waals surface area contributed by atoms with Crippen LogP contribution in [0.2, 0.25) is 0 Å². The normalized spacial score (nSPS) is 18.6. The number of hydrogen-bond donors (Lipinski definition) is 1. The summed E-state index contributed by atoms with van der Waals surface area (Å²) in [6.45, 7) is 10.0. The zero-order chi connectivity index (χ0) is 28.4. The average Bonchev–Trinajstić information content (AvgIpc) is 3.33. The van der Waals surface area contributed by atoms with Crippen LogP contribution in [-0.2, 0) is 26.9 Å². The highest BCUT2D eigenvalue weighted by molar-refractivity contribution is 7.82. The molecule has 11 heteroatoms. The monoisotopic (exact) mass is 567 g/mol. The summed E-state index contributed by atoms with van der Waals surface area (Å²) < 4.78 is 23.0. The summed E-state index contributed by atoms with van der Waals surface area (Å²) in [6, 6.07) is 11.9. The summed E-state index contributed by atoms with van der Waals surface area (Å²) in [5.74, 6) is -0.907. The molecule has 1 unspecified atom stereocenters. The lowest BCUT2D eigenvalue weighted by molar-refractivity contribution is -0.136. The predicted molar refractivity (Wildman–Crippen MR) is 152 cm³/mol. The fourth-order valence-electron chi connectivity index (χ4n) is 5.46. The minimum absolute atomic E-state index is 0.106. The fourth-order valence-corrected chi connectivity index (χ4v) is 6.85. The summed E-state index contributed by atoms with van der Waals surface area (Å²) >= 11 is 0. The molecule has 1 amide bonds. The van der Waals surface area contributed by atoms with E-state index in [9.17, 15) is 18.9 Å². The molecule has 214 valence electrons. The molecule has 0 radical (unpaired) electrons. The molecule has 3 aromatic rings. The minimum Gasteiger partial charge on any atom is -0.481 e. The van der Waals surface area contributed by atoms with Gasteiger partial charge >= 0.3 is 12.1 Å². The summed E-state index contributed by atoms with van der Waals surface area (Å²) in [5, 5.41) is 13.5. The second kappa shape index (κ2) is 11.7. The van der Waals surface area contributed by atoms with Gasteiger partial charge in [-0.1, -0.05) is 18.2 Å². The molecule has 1 aromatic carbocycles. The van der Waals surface area contributed by atoms with Crippen LogP contribution in [0.25, 0.3) is 16.6 Å². The molecule has 4 heterocycles. The number of piperazine rings is 1. The molecule has 5 rings (SSSR count). The van der Waals surface area contributed by atoms with Gasteiger partial charge < -0.3 is 14.7 Å². The maximum Gasteiger partial charge on any atom is 0.410 e. The Morgan fingerprint density at radius 1 is 1.05 bits per heavy atom. The van der Waals surface area contributed by atoms with Crippen LogP contribution in [0, 0.1) is 0 Å². The van der Waals surface area contributed by atoms with Crippen molar-refractivity contribution in [1.82, 2.24) is 23.7 Å². The summed E-state index contributed by atoms with van der Waals surface area (Å²) in [5.41, 5.74) is 2.62. The second-order valence-corrected chi connectivity index (χ2v) is 12.8. The quantitative estimate of drug-likeness (QED) is 0.484. The number of aliphatic carboxylic acids is 1. The molecule has 0 bridgehead atoms. The lowest BCUT2D eigenvalue weighted by Crippen LogP contribution is -2.55. The third kappa shape index (κ3) is 6.37. The molecule has 1 atom stereocenters. The number of aromatic nitrogens is 2. The Bertz CT molecular complexity index is 1400. The molecule has 0 spiro atoms. The van der Waals surface area contributed by atoms with Crippen LogP contribution in [0.5, 0.6) is 0 Å². The van der Waals surface area contributed by atoms with Gasteiger partial charge in [0.25, 0.3) is 0 Å². The number of carbonyl (C=O) groups excluding carboxylic acids is 1. The highest BCUT2D eigenvalue weighted by atomic mass is 32.2. The van der Waals surface area contributed by atoms with Gasteiger partial charge in [-0.3, -0.25) is 9.69 Å². The zero-order valence-electron chi connectivity index (χ0n) is 23.3. The van der Waals surface area contributed by atoms with Crippen LogP contribution in [0.15, 0.2) is 53.7 Å². The molecule has 2 aromatic heterocycles. The fraction of sp³-hybridized carbons (Fsp3) is 0.483. The van der Waals surface area contributed by atoms with Crippen molar-refractivity contribution in [2.75, 3.05) is 39.3 Å². The first kappa shape index (κ1) is 28.3. The molecule has 2 aliphatic heterocycles. The number of carbonyl (C=O) groups is 2. The van der Waals surface area contributed by atoms with Gasteiger partial charge in [-0.05, 0) is 62.9 Å². The number of carboxylic acid groups (broad SMARTS) is 1. The Morgan fingerprint density at radius 2 is 1.75 bits per heavy atom. The number of benzene rings is 1. The number of piperidine rings is 1. The van der Waals surface area contributed by atoms with Crippen LogP contribution >= 0.6 is 0 Å². The van der Waals surface area contributed by atoms with Gasteiger partial charge in [0.15, 0.2) is 0 Å². The van der Waals surface area contributed by atoms with Crippen molar-refractivity contribution in [3.8, 4) is 11.1 Å². The predicted octanol–water partition coefficient (Wildman–Crippen LogP) is 3.67. The molecule has 10 nitrogen and oxygen atoms in total. The molecular formula is C29H37N5O5S. The van der Waals surface area contributed by atoms with Crippen LogP contribution in [0.4, 0.5) is 4.79 Å². The first-order valence-electron chi connectivity index (χ1n) is 13.8. The number of nitrogens with zero attached hydrogens (tertiary/aromatic N) is 5. The summed E-state index contributed by atoms with van der Waals surface area (Å²) in [6.07, 6.45) is 4.87. The zero-order valence-corrected chi connectivity index (χ0v) is 24.1. The van der Waals surface area contributed by atoms with E-state index in [-0.39, 0.29) is 12.5 Å². The van der Waals surface area contributed by atoms with Gasteiger partial charge in [0.2, 0.25) is 0 Å². The Morgan fingerprint density at radius 3 is 2.42 bits per heavy atom. The van der Waals surface area contributed by atoms with E-state index in [1.54, 1.807) is 15.6 Å². The van der Waals surface area contributed by atoms with E-state index in [2.05, 4.69) is 10.00 Å². The van der Waals surface area contributed by atoms with Crippen LogP contribution in [0.1, 0.15) is 39.2 Å². The Balaban J connectivity index is 1.23. The molecule has 40 heavy (non-hydrogen) atoms. The van der Waals surface area contributed by atoms with Crippen LogP contribution in [-0.4, -0.2) is 96.0 Å². The van der Waals surface area contributed by atoms with Gasteiger partial charge in [-0.15, -0.1) is 0 Å². The SMILES string of the molecule is CC(C)(C)OC(=O)N1CCN(C2CCN(S(=O)c3ccccc3-c3ccn4ncc(CC(=O)O)c4c3)CC2)CC1. The molecule has 2 fully saturated rings. The maximum atomic E-state index is 13.8. The summed E-state index contributed by atoms with van der Waals surface area (Å²) in [7, 11) is -1.33. The maximum absolute atomic E-state index is 13.8. The number of rotatable bonds is 6. The van der Waals surface area contributed by atoms with Crippen molar-refractivity contribution in [1.29, 1.82) is 0 Å². The van der Waals surface area contributed by atoms with Gasteiger partial charge in [-0.2, -0.15) is 5.10 Å². The van der Waals surface area contributed by atoms with Crippen molar-refractivity contribution in [3.63, 3.8) is 0 Å². The molecular weight excluding hydrogens is 530 g/mol. The number of carboxylic acids is 1. The largest absolute Gasteiger partial charge is 0.481 e. The standard InChI is InChI=1S/C29H37N5O5S/c1-29(2,3)39-28(37)32-16-14-31(15-17-32)23-9-11-33(12-10-23)40(38)26-7-5-4-6-24(26)21-8-13-34-25(18-21)22(20-30-34)19-27(35)36/h4-8,13,18,20,23H,9-12,14-17,19H2,1-3H3,(H,35,36). The van der Waals surface area contributed by atoms with Gasteiger partial charge in [0, 0.05) is 57.1 Å². The topological polar surface area (TPSA) is 108 Å². The van der Waals surface area contributed by atoms with E-state index in [0.717, 1.165) is 60.6 Å². The molecule has 2 aliphatic rings. The van der Waals surface area contributed by atoms with E-state index in [4.69, 9.17) is 4.74 Å². The first-order chi connectivity index (χ1) is 19.1. The highest BCUT2D eigenvalue weighted by Crippen LogP contribution is 2.31. The lowest BCUT2D eigenvalue weighted by atomic mass is 10.0. The smallest absolute Gasteiger partial charge is 0.410 e.